The van der Waals surface area contributed by atoms with Gasteiger partial charge in [-0.15, -0.1) is 10.7 Å². The predicted molar refractivity (Wildman–Crippen MR) is 96.6 cm³/mol. The molecule has 0 N–H and O–H groups in total. The monoisotopic (exact) mass is 304 g/mol. The summed E-state index contributed by atoms with van der Waals surface area (Å²) in [6, 6.07) is 5.00. The van der Waals surface area contributed by atoms with Crippen LogP contribution in [0.2, 0.25) is 0 Å². The number of allylic oxidation sites excluding steroid dienone is 1. The molecule has 1 aliphatic carbocycles. The number of hydrogen-bond acceptors (Lipinski definition) is 2. The molecule has 1 saturated carbocycles. The highest BCUT2D eigenvalue weighted by atomic mass is 32.2. The fourth-order valence-corrected chi connectivity index (χ4v) is 4.03. The normalized spacial score (nSPS) is 17.9. The molecule has 0 aromatic carbocycles. The van der Waals surface area contributed by atoms with Crippen LogP contribution in [0, 0.1) is 0 Å². The molecule has 0 saturated heterocycles. The molecule has 2 nitrogen and oxygen atoms in total. The lowest BCUT2D eigenvalue weighted by molar-refractivity contribution is 0.265. The molecule has 116 valence electrons. The Labute approximate surface area is 132 Å². The summed E-state index contributed by atoms with van der Waals surface area (Å²) < 4.78 is 2.55. The van der Waals surface area contributed by atoms with Gasteiger partial charge in [-0.3, -0.25) is 4.98 Å². The van der Waals surface area contributed by atoms with Crippen LogP contribution in [-0.2, 0) is 6.54 Å². The van der Waals surface area contributed by atoms with E-state index in [0.717, 1.165) is 29.8 Å². The Kier molecular flexibility index (Phi) is 6.19. The third kappa shape index (κ3) is 4.52. The van der Waals surface area contributed by atoms with Crippen molar-refractivity contribution >= 4 is 22.1 Å². The minimum atomic E-state index is 0.0586. The minimum absolute atomic E-state index is 0.0586. The van der Waals surface area contributed by atoms with Gasteiger partial charge in [0.05, 0.1) is 12.2 Å². The summed E-state index contributed by atoms with van der Waals surface area (Å²) in [6.45, 7) is 7.13. The second-order valence-corrected chi connectivity index (χ2v) is 7.63. The van der Waals surface area contributed by atoms with E-state index < -0.39 is 0 Å². The van der Waals surface area contributed by atoms with Crippen LogP contribution < -0.4 is 0 Å². The molecule has 0 amide bonds. The molecule has 2 rings (SSSR count). The van der Waals surface area contributed by atoms with Crippen molar-refractivity contribution in [1.29, 1.82) is 0 Å². The Morgan fingerprint density at radius 1 is 1.33 bits per heavy atom. The molecule has 1 unspecified atom stereocenters. The van der Waals surface area contributed by atoms with Crippen molar-refractivity contribution in [3.05, 3.63) is 36.2 Å². The number of pyridine rings is 1. The van der Waals surface area contributed by atoms with Crippen LogP contribution in [0.4, 0.5) is 0 Å². The van der Waals surface area contributed by atoms with E-state index in [9.17, 15) is 0 Å². The van der Waals surface area contributed by atoms with E-state index in [1.54, 1.807) is 0 Å². The molecule has 3 heteroatoms. The van der Waals surface area contributed by atoms with Gasteiger partial charge in [-0.1, -0.05) is 44.7 Å². The Morgan fingerprint density at radius 3 is 2.57 bits per heavy atom. The lowest BCUT2D eigenvalue weighted by Gasteiger charge is -2.34. The quantitative estimate of drug-likeness (QED) is 0.696. The first-order chi connectivity index (χ1) is 10.1. The molecule has 1 heterocycles. The van der Waals surface area contributed by atoms with Crippen molar-refractivity contribution in [1.82, 2.24) is 9.29 Å². The summed E-state index contributed by atoms with van der Waals surface area (Å²) in [5.74, 6) is 4.28. The first-order valence-electron chi connectivity index (χ1n) is 7.97. The van der Waals surface area contributed by atoms with E-state index >= 15 is 0 Å². The minimum Gasteiger partial charge on any atom is -0.259 e. The van der Waals surface area contributed by atoms with Gasteiger partial charge in [-0.25, -0.2) is 4.31 Å². The van der Waals surface area contributed by atoms with Crippen molar-refractivity contribution < 1.29 is 0 Å². The predicted octanol–water partition coefficient (Wildman–Crippen LogP) is 4.89. The Hall–Kier alpha value is -0.930. The summed E-state index contributed by atoms with van der Waals surface area (Å²) >= 11 is 0. The highest BCUT2D eigenvalue weighted by molar-refractivity contribution is 8.11. The second kappa shape index (κ2) is 7.90. The summed E-state index contributed by atoms with van der Waals surface area (Å²) in [7, 11) is 0.0586. The summed E-state index contributed by atoms with van der Waals surface area (Å²) in [5.41, 5.74) is 3.47. The maximum Gasteiger partial charge on any atom is 0.0554 e. The van der Waals surface area contributed by atoms with Crippen LogP contribution >= 0.6 is 10.7 Å². The van der Waals surface area contributed by atoms with Crippen molar-refractivity contribution in [2.45, 2.75) is 58.0 Å². The van der Waals surface area contributed by atoms with Crippen LogP contribution in [0.25, 0.3) is 5.57 Å². The molecule has 1 aromatic rings. The van der Waals surface area contributed by atoms with Gasteiger partial charge in [0.1, 0.15) is 0 Å². The third-order valence-corrected chi connectivity index (χ3v) is 5.59. The molecule has 0 radical (unpaired) electrons. The highest BCUT2D eigenvalue weighted by Crippen LogP contribution is 2.30. The fraction of sp³-hybridized carbons (Fsp3) is 0.556. The maximum absolute atomic E-state index is 4.64. The van der Waals surface area contributed by atoms with Gasteiger partial charge in [0, 0.05) is 12.2 Å². The van der Waals surface area contributed by atoms with E-state index in [1.165, 1.54) is 32.1 Å². The van der Waals surface area contributed by atoms with Crippen molar-refractivity contribution in [3.8, 4) is 0 Å². The van der Waals surface area contributed by atoms with E-state index in [4.69, 9.17) is 0 Å². The van der Waals surface area contributed by atoms with Crippen molar-refractivity contribution in [2.75, 3.05) is 6.26 Å². The summed E-state index contributed by atoms with van der Waals surface area (Å²) in [4.78, 5) is 4.64. The van der Waals surface area contributed by atoms with E-state index in [1.807, 2.05) is 6.20 Å². The maximum atomic E-state index is 4.64. The number of rotatable bonds is 6. The zero-order chi connectivity index (χ0) is 15.2. The average molecular weight is 305 g/mol. The van der Waals surface area contributed by atoms with Crippen molar-refractivity contribution in [3.63, 3.8) is 0 Å². The topological polar surface area (TPSA) is 16.1 Å². The Morgan fingerprint density at radius 2 is 2.05 bits per heavy atom. The number of aromatic nitrogens is 1. The molecule has 0 bridgehead atoms. The second-order valence-electron chi connectivity index (χ2n) is 5.96. The molecular weight excluding hydrogens is 276 g/mol. The standard InChI is InChI=1S/C18H28N2S/c1-5-15(2)16-11-12-17(19-13-16)14-20(21(3)4)18-9-7-6-8-10-18/h11-13,18H,2-3,5-10,14H2,1,4H3. The fourth-order valence-electron chi connectivity index (χ4n) is 2.95. The average Bonchev–Trinajstić information content (AvgIpc) is 2.53. The van der Waals surface area contributed by atoms with Crippen molar-refractivity contribution in [2.24, 2.45) is 0 Å². The van der Waals surface area contributed by atoms with Crippen LogP contribution in [-0.4, -0.2) is 27.5 Å². The number of hydrogen-bond donors (Lipinski definition) is 0. The molecule has 21 heavy (non-hydrogen) atoms. The molecule has 1 fully saturated rings. The van der Waals surface area contributed by atoms with Gasteiger partial charge in [-0.05, 0) is 42.7 Å². The van der Waals surface area contributed by atoms with Gasteiger partial charge >= 0.3 is 0 Å². The van der Waals surface area contributed by atoms with Crippen LogP contribution in [0.3, 0.4) is 0 Å². The van der Waals surface area contributed by atoms with Gasteiger partial charge in [0.15, 0.2) is 0 Å². The molecular formula is C18H28N2S. The van der Waals surface area contributed by atoms with Gasteiger partial charge in [-0.2, -0.15) is 0 Å². The lowest BCUT2D eigenvalue weighted by Crippen LogP contribution is -2.32. The smallest absolute Gasteiger partial charge is 0.0554 e. The van der Waals surface area contributed by atoms with Crippen LogP contribution in [0.1, 0.15) is 56.7 Å². The Bertz CT molecular complexity index is 486. The zero-order valence-corrected chi connectivity index (χ0v) is 14.3. The Balaban J connectivity index is 2.06. The summed E-state index contributed by atoms with van der Waals surface area (Å²) in [6.07, 6.45) is 11.9. The summed E-state index contributed by atoms with van der Waals surface area (Å²) in [5, 5.41) is 0. The molecule has 0 aliphatic heterocycles. The van der Waals surface area contributed by atoms with Crippen LogP contribution in [0.15, 0.2) is 24.9 Å². The van der Waals surface area contributed by atoms with Gasteiger partial charge in [0.25, 0.3) is 0 Å². The molecule has 0 spiro atoms. The highest BCUT2D eigenvalue weighted by Gasteiger charge is 2.21. The first-order valence-corrected chi connectivity index (χ1v) is 9.73. The van der Waals surface area contributed by atoms with E-state index in [2.05, 4.69) is 47.1 Å². The lowest BCUT2D eigenvalue weighted by atomic mass is 9.95. The van der Waals surface area contributed by atoms with Crippen LogP contribution in [0.5, 0.6) is 0 Å². The largest absolute Gasteiger partial charge is 0.259 e. The zero-order valence-electron chi connectivity index (χ0n) is 13.5. The molecule has 1 atom stereocenters. The van der Waals surface area contributed by atoms with E-state index in [0.29, 0.717) is 6.04 Å². The molecule has 1 aromatic heterocycles. The molecule has 1 aliphatic rings. The number of nitrogens with zero attached hydrogens (tertiary/aromatic N) is 2. The van der Waals surface area contributed by atoms with Gasteiger partial charge < -0.3 is 0 Å². The third-order valence-electron chi connectivity index (χ3n) is 4.36. The SMILES string of the molecule is C=C(CC)c1ccc(CN(C2CCCCC2)S(=C)C)nc1. The van der Waals surface area contributed by atoms with Gasteiger partial charge in [0.2, 0.25) is 0 Å². The van der Waals surface area contributed by atoms with E-state index in [-0.39, 0.29) is 10.7 Å². The first kappa shape index (κ1) is 16.4.